The number of benzene rings is 2. The van der Waals surface area contributed by atoms with Crippen molar-refractivity contribution < 1.29 is 12.8 Å². The van der Waals surface area contributed by atoms with Crippen LogP contribution in [0.25, 0.3) is 11.5 Å². The first-order valence-corrected chi connectivity index (χ1v) is 9.02. The van der Waals surface area contributed by atoms with Crippen molar-refractivity contribution in [3.05, 3.63) is 64.5 Å². The van der Waals surface area contributed by atoms with Gasteiger partial charge in [-0.2, -0.15) is 0 Å². The van der Waals surface area contributed by atoms with Crippen LogP contribution in [-0.2, 0) is 16.6 Å². The van der Waals surface area contributed by atoms with Gasteiger partial charge in [-0.05, 0) is 30.3 Å². The maximum atomic E-state index is 12.2. The maximum absolute atomic E-state index is 12.2. The molecule has 0 fully saturated rings. The molecular formula is C15H11Cl2N3O3S. The van der Waals surface area contributed by atoms with Crippen LogP contribution in [-0.4, -0.2) is 18.6 Å². The molecule has 1 N–H and O–H groups in total. The van der Waals surface area contributed by atoms with E-state index in [1.165, 1.54) is 18.2 Å². The van der Waals surface area contributed by atoms with Crippen LogP contribution < -0.4 is 4.72 Å². The van der Waals surface area contributed by atoms with Gasteiger partial charge >= 0.3 is 0 Å². The van der Waals surface area contributed by atoms with Crippen molar-refractivity contribution in [2.45, 2.75) is 11.4 Å². The van der Waals surface area contributed by atoms with E-state index in [2.05, 4.69) is 14.9 Å². The number of rotatable bonds is 5. The molecule has 3 rings (SSSR count). The number of hydrogen-bond donors (Lipinski definition) is 1. The lowest BCUT2D eigenvalue weighted by Gasteiger charge is -2.05. The fourth-order valence-corrected chi connectivity index (χ4v) is 3.27. The number of nitrogens with one attached hydrogen (secondary N) is 1. The molecule has 1 heterocycles. The molecule has 0 radical (unpaired) electrons. The van der Waals surface area contributed by atoms with Gasteiger partial charge in [-0.25, -0.2) is 13.1 Å². The minimum absolute atomic E-state index is 0.000279. The highest BCUT2D eigenvalue weighted by molar-refractivity contribution is 7.89. The first-order valence-electron chi connectivity index (χ1n) is 6.78. The summed E-state index contributed by atoms with van der Waals surface area (Å²) in [5.41, 5.74) is 0.753. The Morgan fingerprint density at radius 1 is 1.00 bits per heavy atom. The predicted molar refractivity (Wildman–Crippen MR) is 90.2 cm³/mol. The van der Waals surface area contributed by atoms with Gasteiger partial charge in [0.05, 0.1) is 21.5 Å². The van der Waals surface area contributed by atoms with E-state index in [1.54, 1.807) is 0 Å². The Balaban J connectivity index is 1.73. The Labute approximate surface area is 148 Å². The van der Waals surface area contributed by atoms with E-state index >= 15 is 0 Å². The van der Waals surface area contributed by atoms with Gasteiger partial charge in [-0.3, -0.25) is 0 Å². The summed E-state index contributed by atoms with van der Waals surface area (Å²) in [7, 11) is -3.77. The van der Waals surface area contributed by atoms with Gasteiger partial charge in [0.2, 0.25) is 21.8 Å². The minimum atomic E-state index is -3.77. The summed E-state index contributed by atoms with van der Waals surface area (Å²) in [6.07, 6.45) is 0. The van der Waals surface area contributed by atoms with E-state index in [4.69, 9.17) is 27.6 Å². The van der Waals surface area contributed by atoms with Crippen molar-refractivity contribution in [3.8, 4) is 11.5 Å². The quantitative estimate of drug-likeness (QED) is 0.728. The number of hydrogen-bond acceptors (Lipinski definition) is 5. The summed E-state index contributed by atoms with van der Waals surface area (Å²) in [5.74, 6) is 0.469. The Hall–Kier alpha value is -1.93. The van der Waals surface area contributed by atoms with Crippen molar-refractivity contribution in [1.82, 2.24) is 14.9 Å². The highest BCUT2D eigenvalue weighted by atomic mass is 35.5. The predicted octanol–water partition coefficient (Wildman–Crippen LogP) is 3.52. The van der Waals surface area contributed by atoms with Crippen LogP contribution in [0, 0.1) is 0 Å². The first-order chi connectivity index (χ1) is 11.5. The van der Waals surface area contributed by atoms with Crippen LogP contribution in [0.1, 0.15) is 5.89 Å². The smallest absolute Gasteiger partial charge is 0.247 e. The normalized spacial score (nSPS) is 11.6. The molecule has 0 aliphatic rings. The molecule has 0 aliphatic carbocycles. The summed E-state index contributed by atoms with van der Waals surface area (Å²) in [6.45, 7) is -0.136. The summed E-state index contributed by atoms with van der Waals surface area (Å²) < 4.78 is 32.3. The third-order valence-electron chi connectivity index (χ3n) is 3.10. The molecule has 0 atom stereocenters. The van der Waals surface area contributed by atoms with Crippen molar-refractivity contribution in [2.75, 3.05) is 0 Å². The SMILES string of the molecule is O=S(=O)(NCc1nnc(-c2ccccc2)o1)c1ccc(Cl)c(Cl)c1. The van der Waals surface area contributed by atoms with Crippen LogP contribution in [0.4, 0.5) is 0 Å². The third kappa shape index (κ3) is 3.76. The van der Waals surface area contributed by atoms with Gasteiger partial charge < -0.3 is 4.42 Å². The summed E-state index contributed by atoms with van der Waals surface area (Å²) in [4.78, 5) is -0.000279. The topological polar surface area (TPSA) is 85.1 Å². The van der Waals surface area contributed by atoms with Crippen LogP contribution in [0.2, 0.25) is 10.0 Å². The highest BCUT2D eigenvalue weighted by Gasteiger charge is 2.17. The molecule has 0 aliphatic heterocycles. The van der Waals surface area contributed by atoms with Crippen LogP contribution in [0.15, 0.2) is 57.8 Å². The zero-order valence-corrected chi connectivity index (χ0v) is 14.4. The molecule has 0 spiro atoms. The molecule has 9 heteroatoms. The standard InChI is InChI=1S/C15H11Cl2N3O3S/c16-12-7-6-11(8-13(12)17)24(21,22)18-9-14-19-20-15(23-14)10-4-2-1-3-5-10/h1-8,18H,9H2. The number of sulfonamides is 1. The molecule has 0 saturated carbocycles. The minimum Gasteiger partial charge on any atom is -0.419 e. The zero-order chi connectivity index (χ0) is 17.2. The summed E-state index contributed by atoms with van der Waals surface area (Å²) in [6, 6.07) is 13.2. The number of nitrogens with zero attached hydrogens (tertiary/aromatic N) is 2. The zero-order valence-electron chi connectivity index (χ0n) is 12.1. The Bertz CT molecular complexity index is 959. The molecule has 0 unspecified atom stereocenters. The fourth-order valence-electron chi connectivity index (χ4n) is 1.91. The molecule has 0 amide bonds. The van der Waals surface area contributed by atoms with E-state index in [1.807, 2.05) is 30.3 Å². The van der Waals surface area contributed by atoms with E-state index in [0.717, 1.165) is 5.56 Å². The lowest BCUT2D eigenvalue weighted by Crippen LogP contribution is -2.23. The molecular weight excluding hydrogens is 373 g/mol. The van der Waals surface area contributed by atoms with Gasteiger partial charge in [0.25, 0.3) is 0 Å². The average Bonchev–Trinajstić information content (AvgIpc) is 3.05. The van der Waals surface area contributed by atoms with Gasteiger partial charge in [-0.1, -0.05) is 41.4 Å². The molecule has 6 nitrogen and oxygen atoms in total. The fraction of sp³-hybridized carbons (Fsp3) is 0.0667. The lowest BCUT2D eigenvalue weighted by molar-refractivity contribution is 0.494. The van der Waals surface area contributed by atoms with Crippen molar-refractivity contribution in [1.29, 1.82) is 0 Å². The molecule has 0 bridgehead atoms. The number of aromatic nitrogens is 2. The van der Waals surface area contributed by atoms with Crippen LogP contribution in [0.3, 0.4) is 0 Å². The van der Waals surface area contributed by atoms with Gasteiger partial charge in [-0.15, -0.1) is 10.2 Å². The van der Waals surface area contributed by atoms with Crippen LogP contribution >= 0.6 is 23.2 Å². The third-order valence-corrected chi connectivity index (χ3v) is 5.24. The van der Waals surface area contributed by atoms with Gasteiger partial charge in [0.1, 0.15) is 0 Å². The van der Waals surface area contributed by atoms with E-state index in [0.29, 0.717) is 5.89 Å². The molecule has 1 aromatic heterocycles. The lowest BCUT2D eigenvalue weighted by atomic mass is 10.2. The molecule has 124 valence electrons. The monoisotopic (exact) mass is 383 g/mol. The second-order valence-electron chi connectivity index (χ2n) is 4.77. The Morgan fingerprint density at radius 2 is 1.75 bits per heavy atom. The van der Waals surface area contributed by atoms with Crippen molar-refractivity contribution in [3.63, 3.8) is 0 Å². The number of halogens is 2. The first kappa shape index (κ1) is 16.9. The molecule has 3 aromatic rings. The molecule has 2 aromatic carbocycles. The molecule has 0 saturated heterocycles. The van der Waals surface area contributed by atoms with Gasteiger partial charge in [0.15, 0.2) is 0 Å². The van der Waals surface area contributed by atoms with Crippen molar-refractivity contribution in [2.24, 2.45) is 0 Å². The van der Waals surface area contributed by atoms with Crippen molar-refractivity contribution >= 4 is 33.2 Å². The van der Waals surface area contributed by atoms with Gasteiger partial charge in [0, 0.05) is 5.56 Å². The summed E-state index contributed by atoms with van der Waals surface area (Å²) >= 11 is 11.6. The van der Waals surface area contributed by atoms with Crippen LogP contribution in [0.5, 0.6) is 0 Å². The second kappa shape index (κ2) is 6.90. The average molecular weight is 384 g/mol. The highest BCUT2D eigenvalue weighted by Crippen LogP contribution is 2.25. The second-order valence-corrected chi connectivity index (χ2v) is 7.35. The Morgan fingerprint density at radius 3 is 2.46 bits per heavy atom. The van der Waals surface area contributed by atoms with E-state index in [9.17, 15) is 8.42 Å². The summed E-state index contributed by atoms with van der Waals surface area (Å²) in [5, 5.41) is 8.16. The largest absolute Gasteiger partial charge is 0.419 e. The molecule has 24 heavy (non-hydrogen) atoms. The van der Waals surface area contributed by atoms with E-state index < -0.39 is 10.0 Å². The van der Waals surface area contributed by atoms with E-state index in [-0.39, 0.29) is 27.4 Å². The Kier molecular flexibility index (Phi) is 4.86. The maximum Gasteiger partial charge on any atom is 0.247 e.